The highest BCUT2D eigenvalue weighted by atomic mass is 31.2. The van der Waals surface area contributed by atoms with Crippen LogP contribution in [-0.4, -0.2) is 39.6 Å². The van der Waals surface area contributed by atoms with Crippen LogP contribution in [0.3, 0.4) is 0 Å². The van der Waals surface area contributed by atoms with E-state index < -0.39 is 15.2 Å². The summed E-state index contributed by atoms with van der Waals surface area (Å²) in [6.07, 6.45) is 24.9. The topological polar surface area (TPSA) is 89.5 Å². The van der Waals surface area contributed by atoms with E-state index in [9.17, 15) is 9.13 Å². The van der Waals surface area contributed by atoms with Gasteiger partial charge in [-0.15, -0.1) is 0 Å². The molecule has 0 N–H and O–H groups in total. The fraction of sp³-hybridized carbons (Fsp3) is 0.850. The Labute approximate surface area is 307 Å². The van der Waals surface area contributed by atoms with Crippen LogP contribution in [0.25, 0.3) is 0 Å². The Bertz CT molecular complexity index is 949. The summed E-state index contributed by atoms with van der Waals surface area (Å²) in [4.78, 5) is 0. The molecule has 0 aliphatic carbocycles. The Balaban J connectivity index is 3.09. The zero-order valence-corrected chi connectivity index (χ0v) is 34.9. The standard InChI is InChI=1S/C40H76O8P2/c1-7-13-15-17-19-21-23-25-27-29-31-43-39-33-38(36-50(42,47-11-5)48-12-6)40(34-37(39)35-49(41,45-9-3)46-10-4)44-32-30-28-26-24-22-20-18-16-14-8-2/h33-34H,7-32,35-36H2,1-6H3. The van der Waals surface area contributed by atoms with E-state index in [-0.39, 0.29) is 38.8 Å². The predicted molar refractivity (Wildman–Crippen MR) is 210 cm³/mol. The van der Waals surface area contributed by atoms with E-state index in [2.05, 4.69) is 13.8 Å². The molecule has 0 amide bonds. The highest BCUT2D eigenvalue weighted by Gasteiger charge is 2.30. The molecule has 0 aliphatic rings. The molecular formula is C40H76O8P2. The van der Waals surface area contributed by atoms with E-state index in [4.69, 9.17) is 27.6 Å². The van der Waals surface area contributed by atoms with Crippen molar-refractivity contribution < 1.29 is 36.7 Å². The third-order valence-corrected chi connectivity index (χ3v) is 12.8. The Morgan fingerprint density at radius 1 is 0.400 bits per heavy atom. The fourth-order valence-electron chi connectivity index (χ4n) is 6.16. The van der Waals surface area contributed by atoms with Crippen LogP contribution in [0.1, 0.15) is 181 Å². The van der Waals surface area contributed by atoms with Crippen LogP contribution in [-0.2, 0) is 39.5 Å². The zero-order chi connectivity index (χ0) is 36.8. The van der Waals surface area contributed by atoms with Crippen molar-refractivity contribution >= 4 is 15.2 Å². The van der Waals surface area contributed by atoms with Crippen LogP contribution in [0.15, 0.2) is 12.1 Å². The van der Waals surface area contributed by atoms with Crippen LogP contribution in [0.2, 0.25) is 0 Å². The third-order valence-electron chi connectivity index (χ3n) is 8.79. The largest absolute Gasteiger partial charge is 0.493 e. The lowest BCUT2D eigenvalue weighted by molar-refractivity contribution is 0.216. The summed E-state index contributed by atoms with van der Waals surface area (Å²) in [5.41, 5.74) is 1.40. The van der Waals surface area contributed by atoms with E-state index in [0.717, 1.165) is 25.7 Å². The Kier molecular flexibility index (Phi) is 28.8. The monoisotopic (exact) mass is 747 g/mol. The minimum atomic E-state index is -3.43. The maximum Gasteiger partial charge on any atom is 0.335 e. The number of ether oxygens (including phenoxy) is 2. The molecule has 294 valence electrons. The number of benzene rings is 1. The number of rotatable bonds is 36. The summed E-state index contributed by atoms with van der Waals surface area (Å²) in [5.74, 6) is 1.17. The molecule has 0 unspecified atom stereocenters. The van der Waals surface area contributed by atoms with Gasteiger partial charge >= 0.3 is 15.2 Å². The molecular weight excluding hydrogens is 670 g/mol. The van der Waals surface area contributed by atoms with Gasteiger partial charge in [-0.05, 0) is 52.7 Å². The first-order valence-electron chi connectivity index (χ1n) is 20.5. The van der Waals surface area contributed by atoms with Crippen LogP contribution in [0.5, 0.6) is 11.5 Å². The van der Waals surface area contributed by atoms with Gasteiger partial charge in [0.25, 0.3) is 0 Å². The maximum atomic E-state index is 13.7. The minimum absolute atomic E-state index is 0.0610. The van der Waals surface area contributed by atoms with Gasteiger partial charge in [-0.1, -0.05) is 129 Å². The minimum Gasteiger partial charge on any atom is -0.493 e. The van der Waals surface area contributed by atoms with Crippen molar-refractivity contribution in [1.29, 1.82) is 0 Å². The average Bonchev–Trinajstić information content (AvgIpc) is 3.07. The summed E-state index contributed by atoms with van der Waals surface area (Å²) in [6, 6.07) is 3.76. The number of unbranched alkanes of at least 4 members (excludes halogenated alkanes) is 18. The van der Waals surface area contributed by atoms with E-state index >= 15 is 0 Å². The van der Waals surface area contributed by atoms with Crippen molar-refractivity contribution in [3.05, 3.63) is 23.3 Å². The van der Waals surface area contributed by atoms with E-state index in [1.165, 1.54) is 103 Å². The lowest BCUT2D eigenvalue weighted by Crippen LogP contribution is -2.08. The van der Waals surface area contributed by atoms with Crippen LogP contribution >= 0.6 is 15.2 Å². The van der Waals surface area contributed by atoms with E-state index in [1.54, 1.807) is 0 Å². The van der Waals surface area contributed by atoms with Gasteiger partial charge in [0.1, 0.15) is 11.5 Å². The van der Waals surface area contributed by atoms with Crippen molar-refractivity contribution in [3.8, 4) is 11.5 Å². The van der Waals surface area contributed by atoms with Gasteiger partial charge in [0.15, 0.2) is 0 Å². The lowest BCUT2D eigenvalue weighted by Gasteiger charge is -2.23. The summed E-state index contributed by atoms with van der Waals surface area (Å²) in [5, 5.41) is 0. The average molecular weight is 747 g/mol. The van der Waals surface area contributed by atoms with Crippen LogP contribution < -0.4 is 9.47 Å². The van der Waals surface area contributed by atoms with Crippen molar-refractivity contribution in [2.24, 2.45) is 0 Å². The molecule has 0 saturated heterocycles. The molecule has 0 spiro atoms. The van der Waals surface area contributed by atoms with Gasteiger partial charge in [0.2, 0.25) is 0 Å². The quantitative estimate of drug-likeness (QED) is 0.0495. The van der Waals surface area contributed by atoms with E-state index in [0.29, 0.717) is 35.8 Å². The summed E-state index contributed by atoms with van der Waals surface area (Å²) >= 11 is 0. The first-order chi connectivity index (χ1) is 24.3. The Morgan fingerprint density at radius 3 is 0.920 bits per heavy atom. The summed E-state index contributed by atoms with van der Waals surface area (Å²) in [6.45, 7) is 13.9. The van der Waals surface area contributed by atoms with Gasteiger partial charge in [0, 0.05) is 11.1 Å². The fourth-order valence-corrected chi connectivity index (χ4v) is 9.58. The van der Waals surface area contributed by atoms with Crippen LogP contribution in [0, 0.1) is 0 Å². The van der Waals surface area contributed by atoms with Gasteiger partial charge in [-0.3, -0.25) is 9.13 Å². The summed E-state index contributed by atoms with van der Waals surface area (Å²) in [7, 11) is -6.86. The molecule has 50 heavy (non-hydrogen) atoms. The molecule has 0 bridgehead atoms. The molecule has 10 heteroatoms. The first kappa shape index (κ1) is 47.1. The smallest absolute Gasteiger partial charge is 0.335 e. The SMILES string of the molecule is CCCCCCCCCCCCOc1cc(CP(=O)(OCC)OCC)c(OCCCCCCCCCCCC)cc1CP(=O)(OCC)OCC. The second kappa shape index (κ2) is 30.6. The molecule has 0 saturated carbocycles. The van der Waals surface area contributed by atoms with Gasteiger partial charge < -0.3 is 27.6 Å². The molecule has 1 aromatic rings. The molecule has 0 fully saturated rings. The maximum absolute atomic E-state index is 13.7. The summed E-state index contributed by atoms with van der Waals surface area (Å²) < 4.78 is 63.0. The zero-order valence-electron chi connectivity index (χ0n) is 33.1. The molecule has 0 aromatic heterocycles. The second-order valence-electron chi connectivity index (χ2n) is 13.3. The van der Waals surface area contributed by atoms with Crippen molar-refractivity contribution in [3.63, 3.8) is 0 Å². The number of hydrogen-bond donors (Lipinski definition) is 0. The van der Waals surface area contributed by atoms with Gasteiger partial charge in [-0.2, -0.15) is 0 Å². The van der Waals surface area contributed by atoms with E-state index in [1.807, 2.05) is 39.8 Å². The van der Waals surface area contributed by atoms with Crippen molar-refractivity contribution in [1.82, 2.24) is 0 Å². The molecule has 8 nitrogen and oxygen atoms in total. The molecule has 0 aliphatic heterocycles. The number of hydrogen-bond acceptors (Lipinski definition) is 8. The highest BCUT2D eigenvalue weighted by Crippen LogP contribution is 2.55. The molecule has 1 rings (SSSR count). The molecule has 1 aromatic carbocycles. The highest BCUT2D eigenvalue weighted by molar-refractivity contribution is 7.53. The lowest BCUT2D eigenvalue weighted by atomic mass is 10.1. The van der Waals surface area contributed by atoms with Crippen molar-refractivity contribution in [2.75, 3.05) is 39.6 Å². The Hall–Kier alpha value is -0.880. The molecule has 0 atom stereocenters. The first-order valence-corrected chi connectivity index (χ1v) is 23.9. The van der Waals surface area contributed by atoms with Crippen molar-refractivity contribution in [2.45, 2.75) is 182 Å². The van der Waals surface area contributed by atoms with Gasteiger partial charge in [-0.25, -0.2) is 0 Å². The second-order valence-corrected chi connectivity index (χ2v) is 17.4. The third kappa shape index (κ3) is 22.2. The Morgan fingerprint density at radius 2 is 0.660 bits per heavy atom. The normalized spacial score (nSPS) is 12.1. The van der Waals surface area contributed by atoms with Gasteiger partial charge in [0.05, 0.1) is 52.0 Å². The van der Waals surface area contributed by atoms with Crippen LogP contribution in [0.4, 0.5) is 0 Å². The molecule has 0 heterocycles. The predicted octanol–water partition coefficient (Wildman–Crippen LogP) is 13.8. The molecule has 0 radical (unpaired) electrons.